The molecule has 2 heterocycles. The lowest BCUT2D eigenvalue weighted by atomic mass is 9.57. The van der Waals surface area contributed by atoms with E-state index in [9.17, 15) is 14.0 Å². The molecule has 5 rings (SSSR count). The normalized spacial score (nSPS) is 31.4. The van der Waals surface area contributed by atoms with Gasteiger partial charge in [-0.25, -0.2) is 9.18 Å². The van der Waals surface area contributed by atoms with E-state index >= 15 is 0 Å². The van der Waals surface area contributed by atoms with E-state index in [-0.39, 0.29) is 47.8 Å². The average Bonchev–Trinajstić information content (AvgIpc) is 3.15. The maximum atomic E-state index is 13.6. The molecule has 1 amide bonds. The molecule has 7 heteroatoms. The lowest BCUT2D eigenvalue weighted by Gasteiger charge is -2.47. The van der Waals surface area contributed by atoms with Crippen molar-refractivity contribution in [3.8, 4) is 11.1 Å². The third kappa shape index (κ3) is 5.01. The Morgan fingerprint density at radius 1 is 1.22 bits per heavy atom. The Bertz CT molecular complexity index is 1130. The number of hydrogen-bond acceptors (Lipinski definition) is 5. The van der Waals surface area contributed by atoms with Gasteiger partial charge in [0, 0.05) is 23.7 Å². The average molecular weight is 493 g/mol. The Labute approximate surface area is 211 Å². The van der Waals surface area contributed by atoms with Crippen molar-refractivity contribution in [2.75, 3.05) is 6.61 Å². The maximum Gasteiger partial charge on any atom is 0.407 e. The minimum absolute atomic E-state index is 0.0679. The van der Waals surface area contributed by atoms with E-state index in [2.05, 4.69) is 16.4 Å². The largest absolute Gasteiger partial charge is 0.462 e. The van der Waals surface area contributed by atoms with E-state index < -0.39 is 0 Å². The number of carbonyl (C=O) groups is 2. The number of pyridine rings is 1. The summed E-state index contributed by atoms with van der Waals surface area (Å²) in [6.07, 6.45) is 9.07. The molecule has 1 saturated heterocycles. The highest BCUT2D eigenvalue weighted by Gasteiger charge is 2.54. The minimum Gasteiger partial charge on any atom is -0.462 e. The molecule has 0 radical (unpaired) electrons. The van der Waals surface area contributed by atoms with Crippen LogP contribution in [0.2, 0.25) is 0 Å². The molecule has 6 nitrogen and oxygen atoms in total. The highest BCUT2D eigenvalue weighted by molar-refractivity contribution is 5.75. The van der Waals surface area contributed by atoms with Gasteiger partial charge >= 0.3 is 12.1 Å². The molecule has 1 N–H and O–H groups in total. The summed E-state index contributed by atoms with van der Waals surface area (Å²) >= 11 is 0. The summed E-state index contributed by atoms with van der Waals surface area (Å²) in [5, 5.41) is 3.00. The molecule has 0 unspecified atom stereocenters. The fraction of sp³-hybridized carbons (Fsp3) is 0.483. The van der Waals surface area contributed by atoms with Crippen molar-refractivity contribution in [1.29, 1.82) is 0 Å². The quantitative estimate of drug-likeness (QED) is 0.548. The predicted octanol–water partition coefficient (Wildman–Crippen LogP) is 5.63. The Balaban J connectivity index is 1.34. The zero-order chi connectivity index (χ0) is 25.2. The van der Waals surface area contributed by atoms with Crippen LogP contribution in [-0.2, 0) is 14.3 Å². The SMILES string of the molecule is CCOC(=O)N[C@H]1CC[C@@H]2[C@@H](C1)C[C@@H]1C(=O)O[C@H](C)[C@@H]1[C@@H]2C=Cc1ccc(-c2cccc(F)c2)cn1. The van der Waals surface area contributed by atoms with Gasteiger partial charge in [0.25, 0.3) is 0 Å². The third-order valence-electron chi connectivity index (χ3n) is 8.18. The van der Waals surface area contributed by atoms with E-state index in [1.54, 1.807) is 19.2 Å². The molecule has 36 heavy (non-hydrogen) atoms. The van der Waals surface area contributed by atoms with Crippen molar-refractivity contribution in [2.45, 2.75) is 51.7 Å². The fourth-order valence-electron chi connectivity index (χ4n) is 6.64. The molecule has 190 valence electrons. The summed E-state index contributed by atoms with van der Waals surface area (Å²) in [5.41, 5.74) is 2.48. The highest BCUT2D eigenvalue weighted by Crippen LogP contribution is 2.53. The number of halogens is 1. The number of aromatic nitrogens is 1. The van der Waals surface area contributed by atoms with Gasteiger partial charge in [-0.3, -0.25) is 9.78 Å². The first-order valence-corrected chi connectivity index (χ1v) is 13.0. The molecule has 2 aromatic rings. The Hall–Kier alpha value is -3.22. The fourth-order valence-corrected chi connectivity index (χ4v) is 6.64. The Morgan fingerprint density at radius 3 is 2.83 bits per heavy atom. The number of fused-ring (bicyclic) bond motifs is 2. The number of esters is 1. The molecule has 3 fully saturated rings. The molecule has 0 bridgehead atoms. The van der Waals surface area contributed by atoms with Gasteiger partial charge in [-0.1, -0.05) is 24.3 Å². The highest BCUT2D eigenvalue weighted by atomic mass is 19.1. The van der Waals surface area contributed by atoms with E-state index in [1.807, 2.05) is 31.2 Å². The van der Waals surface area contributed by atoms with Crippen LogP contribution in [-0.4, -0.2) is 35.8 Å². The van der Waals surface area contributed by atoms with Crippen LogP contribution in [0.1, 0.15) is 45.2 Å². The molecule has 3 aliphatic rings. The van der Waals surface area contributed by atoms with Gasteiger partial charge in [0.1, 0.15) is 11.9 Å². The summed E-state index contributed by atoms with van der Waals surface area (Å²) in [5.74, 6) is 0.629. The van der Waals surface area contributed by atoms with Crippen LogP contribution in [0.4, 0.5) is 9.18 Å². The van der Waals surface area contributed by atoms with E-state index in [0.29, 0.717) is 18.4 Å². The standard InChI is InChI=1S/C29H33FN2O4/c1-3-35-29(34)32-23-10-11-24-20(14-23)15-26-27(17(2)36-28(26)33)25(24)12-9-22-8-7-19(16-31-22)18-5-4-6-21(30)13-18/h4-9,12-13,16-17,20,23-27H,3,10-11,14-15H2,1-2H3,(H,32,34)/t17-,20+,23+,24-,25-,26+,27-/m1/s1. The number of alkyl carbamates (subject to hydrolysis) is 1. The molecule has 2 saturated carbocycles. The van der Waals surface area contributed by atoms with Crippen molar-refractivity contribution in [3.63, 3.8) is 0 Å². The summed E-state index contributed by atoms with van der Waals surface area (Å²) in [6.45, 7) is 4.15. The smallest absolute Gasteiger partial charge is 0.407 e. The Morgan fingerprint density at radius 2 is 2.08 bits per heavy atom. The number of allylic oxidation sites excluding steroid dienone is 1. The van der Waals surface area contributed by atoms with Gasteiger partial charge in [0.15, 0.2) is 0 Å². The summed E-state index contributed by atoms with van der Waals surface area (Å²) in [4.78, 5) is 29.2. The number of ether oxygens (including phenoxy) is 2. The molecule has 0 spiro atoms. The lowest BCUT2D eigenvalue weighted by Crippen LogP contribution is -2.48. The first kappa shape index (κ1) is 24.5. The molecule has 7 atom stereocenters. The lowest BCUT2D eigenvalue weighted by molar-refractivity contribution is -0.144. The third-order valence-corrected chi connectivity index (χ3v) is 8.18. The molecular weight excluding hydrogens is 459 g/mol. The number of hydrogen-bond donors (Lipinski definition) is 1. The van der Waals surface area contributed by atoms with Crippen LogP contribution >= 0.6 is 0 Å². The summed E-state index contributed by atoms with van der Waals surface area (Å²) in [7, 11) is 0. The van der Waals surface area contributed by atoms with Gasteiger partial charge in [0.05, 0.1) is 18.2 Å². The number of cyclic esters (lactones) is 1. The molecular formula is C29H33FN2O4. The van der Waals surface area contributed by atoms with Crippen LogP contribution in [0, 0.1) is 35.4 Å². The van der Waals surface area contributed by atoms with Gasteiger partial charge < -0.3 is 14.8 Å². The second-order valence-corrected chi connectivity index (χ2v) is 10.3. The van der Waals surface area contributed by atoms with Crippen molar-refractivity contribution in [1.82, 2.24) is 10.3 Å². The summed E-state index contributed by atoms with van der Waals surface area (Å²) in [6, 6.07) is 10.4. The molecule has 2 aliphatic carbocycles. The number of carbonyl (C=O) groups excluding carboxylic acids is 2. The number of nitrogens with one attached hydrogen (secondary N) is 1. The van der Waals surface area contributed by atoms with Gasteiger partial charge in [-0.05, 0) is 87.1 Å². The van der Waals surface area contributed by atoms with E-state index in [0.717, 1.165) is 42.5 Å². The first-order chi connectivity index (χ1) is 17.4. The van der Waals surface area contributed by atoms with Crippen molar-refractivity contribution in [3.05, 3.63) is 60.2 Å². The van der Waals surface area contributed by atoms with E-state index in [4.69, 9.17) is 9.47 Å². The van der Waals surface area contributed by atoms with Gasteiger partial charge in [0.2, 0.25) is 0 Å². The van der Waals surface area contributed by atoms with Gasteiger partial charge in [-0.2, -0.15) is 0 Å². The number of rotatable bonds is 5. The predicted molar refractivity (Wildman–Crippen MR) is 134 cm³/mol. The van der Waals surface area contributed by atoms with Crippen LogP contribution < -0.4 is 5.32 Å². The number of amides is 1. The zero-order valence-corrected chi connectivity index (χ0v) is 20.7. The zero-order valence-electron chi connectivity index (χ0n) is 20.7. The molecule has 1 aliphatic heterocycles. The first-order valence-electron chi connectivity index (χ1n) is 13.0. The van der Waals surface area contributed by atoms with Crippen molar-refractivity contribution >= 4 is 18.1 Å². The van der Waals surface area contributed by atoms with E-state index in [1.165, 1.54) is 12.1 Å². The molecule has 1 aromatic heterocycles. The van der Waals surface area contributed by atoms with Crippen LogP contribution in [0.25, 0.3) is 17.2 Å². The monoisotopic (exact) mass is 492 g/mol. The topological polar surface area (TPSA) is 77.5 Å². The number of benzene rings is 1. The second kappa shape index (κ2) is 10.4. The van der Waals surface area contributed by atoms with Gasteiger partial charge in [-0.15, -0.1) is 0 Å². The van der Waals surface area contributed by atoms with Crippen LogP contribution in [0.5, 0.6) is 0 Å². The Kier molecular flexibility index (Phi) is 7.08. The van der Waals surface area contributed by atoms with Crippen molar-refractivity contribution < 1.29 is 23.5 Å². The number of nitrogens with zero attached hydrogens (tertiary/aromatic N) is 1. The van der Waals surface area contributed by atoms with Crippen LogP contribution in [0.3, 0.4) is 0 Å². The maximum absolute atomic E-state index is 13.6. The minimum atomic E-state index is -0.368. The molecule has 1 aromatic carbocycles. The van der Waals surface area contributed by atoms with Crippen molar-refractivity contribution in [2.24, 2.45) is 29.6 Å². The summed E-state index contributed by atoms with van der Waals surface area (Å²) < 4.78 is 24.3. The second-order valence-electron chi connectivity index (χ2n) is 10.3. The van der Waals surface area contributed by atoms with Crippen LogP contribution in [0.15, 0.2) is 48.7 Å².